The molecular formula is C20H23FN2O. The minimum Gasteiger partial charge on any atom is -0.335 e. The third-order valence-corrected chi connectivity index (χ3v) is 4.90. The molecule has 1 aliphatic heterocycles. The third kappa shape index (κ3) is 3.34. The number of carbonyl (C=O) groups is 1. The van der Waals surface area contributed by atoms with Crippen LogP contribution in [0.25, 0.3) is 0 Å². The summed E-state index contributed by atoms with van der Waals surface area (Å²) in [5.41, 5.74) is 8.27. The number of likely N-dealkylation sites (tertiary alicyclic amines) is 1. The molecule has 1 saturated heterocycles. The van der Waals surface area contributed by atoms with E-state index in [1.54, 1.807) is 12.1 Å². The first kappa shape index (κ1) is 16.7. The Labute approximate surface area is 142 Å². The highest BCUT2D eigenvalue weighted by Gasteiger charge is 2.34. The first-order valence-electron chi connectivity index (χ1n) is 8.44. The van der Waals surface area contributed by atoms with Gasteiger partial charge in [-0.3, -0.25) is 4.79 Å². The predicted molar refractivity (Wildman–Crippen MR) is 92.6 cm³/mol. The second-order valence-electron chi connectivity index (χ2n) is 6.47. The molecule has 0 aromatic heterocycles. The van der Waals surface area contributed by atoms with Crippen molar-refractivity contribution >= 4 is 5.91 Å². The molecule has 0 bridgehead atoms. The predicted octanol–water partition coefficient (Wildman–Crippen LogP) is 3.83. The van der Waals surface area contributed by atoms with E-state index in [-0.39, 0.29) is 29.7 Å². The molecule has 0 unspecified atom stereocenters. The van der Waals surface area contributed by atoms with E-state index in [9.17, 15) is 9.18 Å². The topological polar surface area (TPSA) is 46.3 Å². The van der Waals surface area contributed by atoms with Crippen molar-refractivity contribution in [3.8, 4) is 0 Å². The number of hydrogen-bond donors (Lipinski definition) is 1. The Kier molecular flexibility index (Phi) is 4.95. The number of amides is 1. The molecule has 0 radical (unpaired) electrons. The van der Waals surface area contributed by atoms with Crippen LogP contribution < -0.4 is 5.73 Å². The number of nitrogens with zero attached hydrogens (tertiary/aromatic N) is 1. The second kappa shape index (κ2) is 7.14. The summed E-state index contributed by atoms with van der Waals surface area (Å²) in [6.07, 6.45) is 1.87. The zero-order valence-electron chi connectivity index (χ0n) is 13.9. The van der Waals surface area contributed by atoms with Crippen molar-refractivity contribution in [3.63, 3.8) is 0 Å². The number of carbonyl (C=O) groups excluding carboxylic acids is 1. The van der Waals surface area contributed by atoms with Gasteiger partial charge in [0, 0.05) is 12.6 Å². The molecule has 3 nitrogen and oxygen atoms in total. The summed E-state index contributed by atoms with van der Waals surface area (Å²) in [7, 11) is 0. The van der Waals surface area contributed by atoms with E-state index < -0.39 is 0 Å². The van der Waals surface area contributed by atoms with Crippen LogP contribution in [0.4, 0.5) is 4.39 Å². The smallest absolute Gasteiger partial charge is 0.227 e. The van der Waals surface area contributed by atoms with Gasteiger partial charge in [-0.2, -0.15) is 0 Å². The van der Waals surface area contributed by atoms with Crippen molar-refractivity contribution in [2.75, 3.05) is 6.54 Å². The highest BCUT2D eigenvalue weighted by atomic mass is 19.1. The second-order valence-corrected chi connectivity index (χ2v) is 6.47. The highest BCUT2D eigenvalue weighted by Crippen LogP contribution is 2.34. The van der Waals surface area contributed by atoms with E-state index in [1.807, 2.05) is 42.2 Å². The number of rotatable bonds is 4. The molecular weight excluding hydrogens is 303 g/mol. The van der Waals surface area contributed by atoms with E-state index >= 15 is 0 Å². The molecule has 1 fully saturated rings. The Bertz CT molecular complexity index is 687. The maximum absolute atomic E-state index is 13.2. The maximum atomic E-state index is 13.2. The fraction of sp³-hybridized carbons (Fsp3) is 0.350. The number of benzene rings is 2. The summed E-state index contributed by atoms with van der Waals surface area (Å²) in [5, 5.41) is 0. The summed E-state index contributed by atoms with van der Waals surface area (Å²) in [6.45, 7) is 2.62. The van der Waals surface area contributed by atoms with Crippen molar-refractivity contribution in [2.45, 2.75) is 31.8 Å². The van der Waals surface area contributed by atoms with Gasteiger partial charge in [0.1, 0.15) is 5.82 Å². The standard InChI is InChI=1S/C20H23FN2O/c1-14(19(22)16-6-3-2-4-7-16)20(24)23-13-5-8-18(23)15-9-11-17(21)12-10-15/h2-4,6-7,9-12,14,18-19H,5,8,13,22H2,1H3/t14-,18+,19-/m0/s1. The summed E-state index contributed by atoms with van der Waals surface area (Å²) in [6, 6.07) is 15.9. The molecule has 3 atom stereocenters. The first-order valence-corrected chi connectivity index (χ1v) is 8.44. The van der Waals surface area contributed by atoms with Crippen molar-refractivity contribution < 1.29 is 9.18 Å². The van der Waals surface area contributed by atoms with Crippen LogP contribution in [0.5, 0.6) is 0 Å². The van der Waals surface area contributed by atoms with E-state index in [0.717, 1.165) is 30.5 Å². The van der Waals surface area contributed by atoms with Crippen LogP contribution in [0, 0.1) is 11.7 Å². The van der Waals surface area contributed by atoms with Gasteiger partial charge in [-0.05, 0) is 36.1 Å². The molecule has 2 N–H and O–H groups in total. The molecule has 2 aromatic carbocycles. The molecule has 0 spiro atoms. The Morgan fingerprint density at radius 2 is 1.83 bits per heavy atom. The van der Waals surface area contributed by atoms with Crippen LogP contribution in [0.15, 0.2) is 54.6 Å². The molecule has 24 heavy (non-hydrogen) atoms. The van der Waals surface area contributed by atoms with E-state index in [1.165, 1.54) is 12.1 Å². The summed E-state index contributed by atoms with van der Waals surface area (Å²) in [5.74, 6) is -0.485. The summed E-state index contributed by atoms with van der Waals surface area (Å²) in [4.78, 5) is 14.9. The molecule has 4 heteroatoms. The zero-order chi connectivity index (χ0) is 17.1. The molecule has 3 rings (SSSR count). The van der Waals surface area contributed by atoms with Gasteiger partial charge >= 0.3 is 0 Å². The Morgan fingerprint density at radius 3 is 2.50 bits per heavy atom. The number of halogens is 1. The maximum Gasteiger partial charge on any atom is 0.227 e. The highest BCUT2D eigenvalue weighted by molar-refractivity contribution is 5.80. The van der Waals surface area contributed by atoms with Crippen LogP contribution in [-0.2, 0) is 4.79 Å². The largest absolute Gasteiger partial charge is 0.335 e. The third-order valence-electron chi connectivity index (χ3n) is 4.90. The van der Waals surface area contributed by atoms with Gasteiger partial charge in [0.2, 0.25) is 5.91 Å². The fourth-order valence-electron chi connectivity index (χ4n) is 3.44. The summed E-state index contributed by atoms with van der Waals surface area (Å²) < 4.78 is 13.2. The lowest BCUT2D eigenvalue weighted by Gasteiger charge is -2.30. The molecule has 1 amide bonds. The molecule has 0 aliphatic carbocycles. The van der Waals surface area contributed by atoms with Crippen molar-refractivity contribution in [1.29, 1.82) is 0 Å². The van der Waals surface area contributed by atoms with Gasteiger partial charge in [-0.1, -0.05) is 49.4 Å². The van der Waals surface area contributed by atoms with Crippen molar-refractivity contribution in [3.05, 3.63) is 71.5 Å². The van der Waals surface area contributed by atoms with Gasteiger partial charge in [-0.25, -0.2) is 4.39 Å². The average molecular weight is 326 g/mol. The van der Waals surface area contributed by atoms with Gasteiger partial charge in [0.05, 0.1) is 12.0 Å². The molecule has 1 heterocycles. The van der Waals surface area contributed by atoms with Gasteiger partial charge in [0.25, 0.3) is 0 Å². The number of nitrogens with two attached hydrogens (primary N) is 1. The summed E-state index contributed by atoms with van der Waals surface area (Å²) >= 11 is 0. The van der Waals surface area contributed by atoms with Gasteiger partial charge in [0.15, 0.2) is 0 Å². The normalized spacial score (nSPS) is 20.0. The monoisotopic (exact) mass is 326 g/mol. The van der Waals surface area contributed by atoms with E-state index in [0.29, 0.717) is 0 Å². The molecule has 0 saturated carbocycles. The minimum absolute atomic E-state index is 0.0172. The van der Waals surface area contributed by atoms with Crippen molar-refractivity contribution in [2.24, 2.45) is 11.7 Å². The average Bonchev–Trinajstić information content (AvgIpc) is 3.11. The SMILES string of the molecule is C[C@H](C(=O)N1CCC[C@@H]1c1ccc(F)cc1)[C@H](N)c1ccccc1. The van der Waals surface area contributed by atoms with E-state index in [4.69, 9.17) is 5.73 Å². The number of hydrogen-bond acceptors (Lipinski definition) is 2. The quantitative estimate of drug-likeness (QED) is 0.928. The molecule has 1 aliphatic rings. The van der Waals surface area contributed by atoms with Crippen LogP contribution in [-0.4, -0.2) is 17.4 Å². The van der Waals surface area contributed by atoms with Crippen LogP contribution in [0.1, 0.15) is 43.0 Å². The van der Waals surface area contributed by atoms with Gasteiger partial charge in [-0.15, -0.1) is 0 Å². The van der Waals surface area contributed by atoms with E-state index in [2.05, 4.69) is 0 Å². The fourth-order valence-corrected chi connectivity index (χ4v) is 3.44. The first-order chi connectivity index (χ1) is 11.6. The Morgan fingerprint density at radius 1 is 1.17 bits per heavy atom. The Hall–Kier alpha value is -2.20. The van der Waals surface area contributed by atoms with Crippen LogP contribution >= 0.6 is 0 Å². The van der Waals surface area contributed by atoms with Crippen molar-refractivity contribution in [1.82, 2.24) is 4.90 Å². The molecule has 126 valence electrons. The lowest BCUT2D eigenvalue weighted by atomic mass is 9.93. The zero-order valence-corrected chi connectivity index (χ0v) is 13.9. The van der Waals surface area contributed by atoms with Crippen LogP contribution in [0.2, 0.25) is 0 Å². The lowest BCUT2D eigenvalue weighted by molar-refractivity contribution is -0.136. The van der Waals surface area contributed by atoms with Crippen LogP contribution in [0.3, 0.4) is 0 Å². The Balaban J connectivity index is 1.76. The minimum atomic E-state index is -0.326. The van der Waals surface area contributed by atoms with Gasteiger partial charge < -0.3 is 10.6 Å². The lowest BCUT2D eigenvalue weighted by Crippen LogP contribution is -2.39. The molecule has 2 aromatic rings.